The van der Waals surface area contributed by atoms with Crippen molar-refractivity contribution in [3.05, 3.63) is 46.2 Å². The highest BCUT2D eigenvalue weighted by molar-refractivity contribution is 5.60. The summed E-state index contributed by atoms with van der Waals surface area (Å²) in [5.41, 5.74) is -0.0294. The third-order valence-electron chi connectivity index (χ3n) is 2.59. The minimum absolute atomic E-state index is 0.278. The number of nitro groups is 1. The fourth-order valence-electron chi connectivity index (χ4n) is 1.64. The van der Waals surface area contributed by atoms with Crippen molar-refractivity contribution in [2.75, 3.05) is 0 Å². The molecule has 0 saturated heterocycles. The Morgan fingerprint density at radius 2 is 2.20 bits per heavy atom. The first kappa shape index (κ1) is 14.1. The van der Waals surface area contributed by atoms with Crippen molar-refractivity contribution in [3.8, 4) is 11.3 Å². The Morgan fingerprint density at radius 3 is 2.85 bits per heavy atom. The number of nitro benzene ring substituents is 1. The standard InChI is InChI=1S/C13H14FN3O3/c1-8(2)15-7-13-16-6-12(20-13)9-3-10(14)5-11(4-9)17(18)19/h3-6,8,15H,7H2,1-2H3. The first-order chi connectivity index (χ1) is 9.45. The fourth-order valence-corrected chi connectivity index (χ4v) is 1.64. The van der Waals surface area contributed by atoms with Crippen LogP contribution in [0.25, 0.3) is 11.3 Å². The lowest BCUT2D eigenvalue weighted by molar-refractivity contribution is -0.385. The molecule has 0 radical (unpaired) electrons. The van der Waals surface area contributed by atoms with Gasteiger partial charge in [0.1, 0.15) is 5.82 Å². The van der Waals surface area contributed by atoms with Crippen LogP contribution in [0.3, 0.4) is 0 Å². The van der Waals surface area contributed by atoms with E-state index in [1.165, 1.54) is 18.3 Å². The lowest BCUT2D eigenvalue weighted by Crippen LogP contribution is -2.21. The monoisotopic (exact) mass is 279 g/mol. The number of hydrogen-bond donors (Lipinski definition) is 1. The molecule has 0 aliphatic rings. The first-order valence-corrected chi connectivity index (χ1v) is 6.09. The van der Waals surface area contributed by atoms with Crippen molar-refractivity contribution in [2.45, 2.75) is 26.4 Å². The zero-order chi connectivity index (χ0) is 14.7. The van der Waals surface area contributed by atoms with E-state index in [0.29, 0.717) is 23.8 Å². The molecule has 106 valence electrons. The molecule has 0 unspecified atom stereocenters. The first-order valence-electron chi connectivity index (χ1n) is 6.09. The summed E-state index contributed by atoms with van der Waals surface area (Å²) in [6, 6.07) is 3.57. The van der Waals surface area contributed by atoms with E-state index in [1.807, 2.05) is 13.8 Å². The minimum atomic E-state index is -0.688. The van der Waals surface area contributed by atoms with Crippen LogP contribution < -0.4 is 5.32 Å². The Bertz CT molecular complexity index is 625. The van der Waals surface area contributed by atoms with Crippen molar-refractivity contribution >= 4 is 5.69 Å². The number of benzene rings is 1. The second-order valence-corrected chi connectivity index (χ2v) is 4.61. The molecule has 1 N–H and O–H groups in total. The van der Waals surface area contributed by atoms with Crippen LogP contribution in [0, 0.1) is 15.9 Å². The normalized spacial score (nSPS) is 11.0. The predicted octanol–water partition coefficient (Wildman–Crippen LogP) is 2.89. The summed E-state index contributed by atoms with van der Waals surface area (Å²) in [6.07, 6.45) is 1.43. The number of hydrogen-bond acceptors (Lipinski definition) is 5. The largest absolute Gasteiger partial charge is 0.439 e. The topological polar surface area (TPSA) is 81.2 Å². The SMILES string of the molecule is CC(C)NCc1ncc(-c2cc(F)cc([N+](=O)[O-])c2)o1. The zero-order valence-corrected chi connectivity index (χ0v) is 11.1. The van der Waals surface area contributed by atoms with Crippen LogP contribution in [0.5, 0.6) is 0 Å². The Labute approximate surface area is 114 Å². The van der Waals surface area contributed by atoms with Crippen LogP contribution >= 0.6 is 0 Å². The molecule has 7 heteroatoms. The van der Waals surface area contributed by atoms with Gasteiger partial charge in [0, 0.05) is 17.7 Å². The molecule has 0 aliphatic heterocycles. The molecule has 2 aromatic rings. The molecule has 0 amide bonds. The summed E-state index contributed by atoms with van der Waals surface area (Å²) < 4.78 is 18.8. The van der Waals surface area contributed by atoms with Gasteiger partial charge in [-0.05, 0) is 6.07 Å². The van der Waals surface area contributed by atoms with Crippen molar-refractivity contribution < 1.29 is 13.7 Å². The van der Waals surface area contributed by atoms with Crippen LogP contribution in [-0.4, -0.2) is 15.9 Å². The van der Waals surface area contributed by atoms with Crippen molar-refractivity contribution in [2.24, 2.45) is 0 Å². The van der Waals surface area contributed by atoms with Gasteiger partial charge < -0.3 is 9.73 Å². The van der Waals surface area contributed by atoms with E-state index in [9.17, 15) is 14.5 Å². The lowest BCUT2D eigenvalue weighted by atomic mass is 10.1. The van der Waals surface area contributed by atoms with Gasteiger partial charge in [0.05, 0.1) is 23.7 Å². The highest BCUT2D eigenvalue weighted by atomic mass is 19.1. The van der Waals surface area contributed by atoms with Gasteiger partial charge in [-0.2, -0.15) is 0 Å². The maximum atomic E-state index is 13.4. The predicted molar refractivity (Wildman–Crippen MR) is 70.5 cm³/mol. The van der Waals surface area contributed by atoms with E-state index in [2.05, 4.69) is 10.3 Å². The molecule has 6 nitrogen and oxygen atoms in total. The maximum absolute atomic E-state index is 13.4. The van der Waals surface area contributed by atoms with E-state index in [1.54, 1.807) is 0 Å². The van der Waals surface area contributed by atoms with Crippen LogP contribution in [0.1, 0.15) is 19.7 Å². The summed E-state index contributed by atoms with van der Waals surface area (Å²) in [5, 5.41) is 13.8. The summed E-state index contributed by atoms with van der Waals surface area (Å²) in [5.74, 6) is 0.0567. The molecule has 0 aliphatic carbocycles. The molecule has 2 rings (SSSR count). The van der Waals surface area contributed by atoms with Crippen molar-refractivity contribution in [3.63, 3.8) is 0 Å². The number of non-ortho nitro benzene ring substituents is 1. The van der Waals surface area contributed by atoms with Crippen LogP contribution in [0.15, 0.2) is 28.8 Å². The molecule has 1 aromatic carbocycles. The van der Waals surface area contributed by atoms with E-state index >= 15 is 0 Å². The Morgan fingerprint density at radius 1 is 1.45 bits per heavy atom. The third kappa shape index (κ3) is 3.39. The third-order valence-corrected chi connectivity index (χ3v) is 2.59. The molecule has 0 atom stereocenters. The van der Waals surface area contributed by atoms with Gasteiger partial charge in [-0.25, -0.2) is 9.37 Å². The molecule has 20 heavy (non-hydrogen) atoms. The summed E-state index contributed by atoms with van der Waals surface area (Å²) in [7, 11) is 0. The second kappa shape index (κ2) is 5.79. The Hall–Kier alpha value is -2.28. The Balaban J connectivity index is 2.25. The Kier molecular flexibility index (Phi) is 4.09. The minimum Gasteiger partial charge on any atom is -0.439 e. The molecular formula is C13H14FN3O3. The smallest absolute Gasteiger partial charge is 0.273 e. The summed E-state index contributed by atoms with van der Waals surface area (Å²) >= 11 is 0. The van der Waals surface area contributed by atoms with Gasteiger partial charge in [0.2, 0.25) is 5.89 Å². The average Bonchev–Trinajstić information content (AvgIpc) is 2.84. The van der Waals surface area contributed by atoms with Crippen LogP contribution in [0.4, 0.5) is 10.1 Å². The van der Waals surface area contributed by atoms with Gasteiger partial charge in [-0.1, -0.05) is 13.8 Å². The van der Waals surface area contributed by atoms with E-state index in [0.717, 1.165) is 6.07 Å². The van der Waals surface area contributed by atoms with E-state index < -0.39 is 10.7 Å². The molecular weight excluding hydrogens is 265 g/mol. The highest BCUT2D eigenvalue weighted by Crippen LogP contribution is 2.26. The van der Waals surface area contributed by atoms with Gasteiger partial charge in [-0.3, -0.25) is 10.1 Å². The number of halogens is 1. The number of nitrogens with zero attached hydrogens (tertiary/aromatic N) is 2. The van der Waals surface area contributed by atoms with Crippen LogP contribution in [0.2, 0.25) is 0 Å². The number of nitrogens with one attached hydrogen (secondary N) is 1. The van der Waals surface area contributed by atoms with Gasteiger partial charge in [0.15, 0.2) is 5.76 Å². The van der Waals surface area contributed by atoms with Gasteiger partial charge in [0.25, 0.3) is 5.69 Å². The molecule has 0 spiro atoms. The summed E-state index contributed by atoms with van der Waals surface area (Å²) in [6.45, 7) is 4.41. The zero-order valence-electron chi connectivity index (χ0n) is 11.1. The maximum Gasteiger partial charge on any atom is 0.273 e. The van der Waals surface area contributed by atoms with Gasteiger partial charge >= 0.3 is 0 Å². The number of oxazole rings is 1. The number of aromatic nitrogens is 1. The number of rotatable bonds is 5. The van der Waals surface area contributed by atoms with E-state index in [4.69, 9.17) is 4.42 Å². The van der Waals surface area contributed by atoms with Crippen LogP contribution in [-0.2, 0) is 6.54 Å². The summed E-state index contributed by atoms with van der Waals surface area (Å²) in [4.78, 5) is 14.1. The molecule has 1 aromatic heterocycles. The van der Waals surface area contributed by atoms with E-state index in [-0.39, 0.29) is 11.7 Å². The van der Waals surface area contributed by atoms with Crippen molar-refractivity contribution in [1.82, 2.24) is 10.3 Å². The highest BCUT2D eigenvalue weighted by Gasteiger charge is 2.14. The second-order valence-electron chi connectivity index (χ2n) is 4.61. The quantitative estimate of drug-likeness (QED) is 0.672. The molecule has 1 heterocycles. The lowest BCUT2D eigenvalue weighted by Gasteiger charge is -2.04. The molecule has 0 saturated carbocycles. The van der Waals surface area contributed by atoms with Crippen molar-refractivity contribution in [1.29, 1.82) is 0 Å². The average molecular weight is 279 g/mol. The molecule has 0 fully saturated rings. The molecule has 0 bridgehead atoms. The fraction of sp³-hybridized carbons (Fsp3) is 0.308. The van der Waals surface area contributed by atoms with Gasteiger partial charge in [-0.15, -0.1) is 0 Å².